The van der Waals surface area contributed by atoms with Crippen molar-refractivity contribution in [1.29, 1.82) is 0 Å². The first-order valence-electron chi connectivity index (χ1n) is 5.38. The molecule has 0 aromatic heterocycles. The minimum atomic E-state index is -0.749. The molecule has 0 aliphatic heterocycles. The fourth-order valence-corrected chi connectivity index (χ4v) is 1.81. The van der Waals surface area contributed by atoms with Crippen LogP contribution in [-0.2, 0) is 4.79 Å². The van der Waals surface area contributed by atoms with Gasteiger partial charge in [0.25, 0.3) is 5.91 Å². The fraction of sp³-hybridized carbons (Fsp3) is 0.333. The maximum atomic E-state index is 13.0. The molecule has 0 saturated carbocycles. The van der Waals surface area contributed by atoms with Gasteiger partial charge in [-0.2, -0.15) is 0 Å². The molecule has 1 rings (SSSR count). The summed E-state index contributed by atoms with van der Waals surface area (Å²) in [4.78, 5) is 23.0. The first-order valence-corrected chi connectivity index (χ1v) is 6.17. The summed E-state index contributed by atoms with van der Waals surface area (Å²) in [6.07, 6.45) is 0. The summed E-state index contributed by atoms with van der Waals surface area (Å²) < 4.78 is 13.2. The Balaban J connectivity index is 2.87. The highest BCUT2D eigenvalue weighted by Gasteiger charge is 2.22. The minimum Gasteiger partial charge on any atom is -0.368 e. The van der Waals surface area contributed by atoms with Crippen LogP contribution in [0.3, 0.4) is 0 Å². The van der Waals surface area contributed by atoms with Gasteiger partial charge in [0.15, 0.2) is 0 Å². The molecule has 1 atom stereocenters. The Labute approximate surface area is 113 Å². The number of hydrogen-bond donors (Lipinski definition) is 2. The third kappa shape index (κ3) is 3.53. The zero-order valence-corrected chi connectivity index (χ0v) is 11.6. The molecule has 1 unspecified atom stereocenters. The van der Waals surface area contributed by atoms with Crippen molar-refractivity contribution in [3.8, 4) is 0 Å². The minimum absolute atomic E-state index is 0.115. The lowest BCUT2D eigenvalue weighted by Gasteiger charge is -2.18. The average Bonchev–Trinajstić information content (AvgIpc) is 2.28. The average molecular weight is 317 g/mol. The van der Waals surface area contributed by atoms with Gasteiger partial charge in [0.2, 0.25) is 5.91 Å². The second-order valence-corrected chi connectivity index (χ2v) is 5.08. The Morgan fingerprint density at radius 2 is 2.00 bits per heavy atom. The van der Waals surface area contributed by atoms with Gasteiger partial charge in [-0.3, -0.25) is 9.59 Å². The molecule has 4 nitrogen and oxygen atoms in total. The van der Waals surface area contributed by atoms with Gasteiger partial charge in [0, 0.05) is 5.56 Å². The number of nitrogens with one attached hydrogen (secondary N) is 1. The molecule has 18 heavy (non-hydrogen) atoms. The topological polar surface area (TPSA) is 72.2 Å². The Bertz CT molecular complexity index is 477. The van der Waals surface area contributed by atoms with Crippen molar-refractivity contribution in [2.45, 2.75) is 19.9 Å². The van der Waals surface area contributed by atoms with E-state index in [4.69, 9.17) is 5.73 Å². The monoisotopic (exact) mass is 316 g/mol. The molecule has 0 heterocycles. The van der Waals surface area contributed by atoms with Gasteiger partial charge in [-0.25, -0.2) is 4.39 Å². The summed E-state index contributed by atoms with van der Waals surface area (Å²) in [5.41, 5.74) is 5.45. The summed E-state index contributed by atoms with van der Waals surface area (Å²) in [5.74, 6) is -1.63. The predicted octanol–water partition coefficient (Wildman–Crippen LogP) is 1.83. The summed E-state index contributed by atoms with van der Waals surface area (Å²) in [7, 11) is 0. The van der Waals surface area contributed by atoms with Gasteiger partial charge in [0.05, 0.1) is 4.47 Å². The third-order valence-corrected chi connectivity index (χ3v) is 3.05. The number of benzene rings is 1. The van der Waals surface area contributed by atoms with Crippen molar-refractivity contribution in [2.24, 2.45) is 11.7 Å². The lowest BCUT2D eigenvalue weighted by Crippen LogP contribution is -2.47. The molecular weight excluding hydrogens is 303 g/mol. The summed E-state index contributed by atoms with van der Waals surface area (Å²) >= 11 is 2.99. The second kappa shape index (κ2) is 5.95. The standard InChI is InChI=1S/C12H14BrFN2O2/c1-6(2)10(11(15)17)16-12(18)7-3-4-9(14)8(13)5-7/h3-6,10H,1-2H3,(H2,15,17)(H,16,18). The summed E-state index contributed by atoms with van der Waals surface area (Å²) in [5, 5.41) is 2.52. The van der Waals surface area contributed by atoms with Gasteiger partial charge >= 0.3 is 0 Å². The smallest absolute Gasteiger partial charge is 0.251 e. The van der Waals surface area contributed by atoms with Crippen LogP contribution in [-0.4, -0.2) is 17.9 Å². The highest BCUT2D eigenvalue weighted by molar-refractivity contribution is 9.10. The molecule has 0 saturated heterocycles. The molecule has 0 aliphatic rings. The molecule has 0 spiro atoms. The van der Waals surface area contributed by atoms with Crippen molar-refractivity contribution in [2.75, 3.05) is 0 Å². The van der Waals surface area contributed by atoms with Crippen molar-refractivity contribution in [3.05, 3.63) is 34.1 Å². The molecule has 1 aromatic carbocycles. The first-order chi connectivity index (χ1) is 8.32. The molecule has 0 radical (unpaired) electrons. The zero-order valence-electron chi connectivity index (χ0n) is 10.0. The Morgan fingerprint density at radius 1 is 1.39 bits per heavy atom. The molecule has 0 aliphatic carbocycles. The maximum Gasteiger partial charge on any atom is 0.251 e. The van der Waals surface area contributed by atoms with Crippen molar-refractivity contribution < 1.29 is 14.0 Å². The van der Waals surface area contributed by atoms with E-state index < -0.39 is 23.7 Å². The van der Waals surface area contributed by atoms with Gasteiger partial charge in [-0.1, -0.05) is 13.8 Å². The van der Waals surface area contributed by atoms with E-state index in [-0.39, 0.29) is 16.0 Å². The SMILES string of the molecule is CC(C)C(NC(=O)c1ccc(F)c(Br)c1)C(N)=O. The van der Waals surface area contributed by atoms with Crippen LogP contribution >= 0.6 is 15.9 Å². The van der Waals surface area contributed by atoms with E-state index in [1.165, 1.54) is 18.2 Å². The number of primary amides is 1. The van der Waals surface area contributed by atoms with Gasteiger partial charge in [-0.15, -0.1) is 0 Å². The molecular formula is C12H14BrFN2O2. The number of nitrogens with two attached hydrogens (primary N) is 1. The normalized spacial score (nSPS) is 12.3. The first kappa shape index (κ1) is 14.6. The quantitative estimate of drug-likeness (QED) is 0.889. The van der Waals surface area contributed by atoms with Gasteiger partial charge in [-0.05, 0) is 40.0 Å². The number of amides is 2. The molecule has 0 fully saturated rings. The van der Waals surface area contributed by atoms with Crippen LogP contribution in [0.2, 0.25) is 0 Å². The molecule has 0 bridgehead atoms. The van der Waals surface area contributed by atoms with Gasteiger partial charge in [0.1, 0.15) is 11.9 Å². The second-order valence-electron chi connectivity index (χ2n) is 4.23. The Kier molecular flexibility index (Phi) is 4.84. The van der Waals surface area contributed by atoms with E-state index in [2.05, 4.69) is 21.2 Å². The molecule has 6 heteroatoms. The highest BCUT2D eigenvalue weighted by atomic mass is 79.9. The predicted molar refractivity (Wildman–Crippen MR) is 69.4 cm³/mol. The summed E-state index contributed by atoms with van der Waals surface area (Å²) in [6, 6.07) is 3.12. The van der Waals surface area contributed by atoms with E-state index in [1.54, 1.807) is 13.8 Å². The van der Waals surface area contributed by atoms with E-state index >= 15 is 0 Å². The highest BCUT2D eigenvalue weighted by Crippen LogP contribution is 2.17. The van der Waals surface area contributed by atoms with Crippen LogP contribution in [0.25, 0.3) is 0 Å². The van der Waals surface area contributed by atoms with Crippen molar-refractivity contribution in [3.63, 3.8) is 0 Å². The van der Waals surface area contributed by atoms with E-state index in [0.717, 1.165) is 0 Å². The van der Waals surface area contributed by atoms with Crippen LogP contribution < -0.4 is 11.1 Å². The summed E-state index contributed by atoms with van der Waals surface area (Å²) in [6.45, 7) is 3.55. The van der Waals surface area contributed by atoms with Crippen molar-refractivity contribution in [1.82, 2.24) is 5.32 Å². The van der Waals surface area contributed by atoms with E-state index in [1.807, 2.05) is 0 Å². The lowest BCUT2D eigenvalue weighted by atomic mass is 10.0. The number of hydrogen-bond acceptors (Lipinski definition) is 2. The van der Waals surface area contributed by atoms with Crippen LogP contribution in [0.5, 0.6) is 0 Å². The van der Waals surface area contributed by atoms with Crippen LogP contribution in [0.4, 0.5) is 4.39 Å². The number of carbonyl (C=O) groups is 2. The lowest BCUT2D eigenvalue weighted by molar-refractivity contribution is -0.120. The van der Waals surface area contributed by atoms with Crippen LogP contribution in [0.15, 0.2) is 22.7 Å². The van der Waals surface area contributed by atoms with E-state index in [0.29, 0.717) is 0 Å². The van der Waals surface area contributed by atoms with Crippen molar-refractivity contribution >= 4 is 27.7 Å². The molecule has 3 N–H and O–H groups in total. The largest absolute Gasteiger partial charge is 0.368 e. The fourth-order valence-electron chi connectivity index (χ4n) is 1.43. The van der Waals surface area contributed by atoms with Gasteiger partial charge < -0.3 is 11.1 Å². The number of carbonyl (C=O) groups excluding carboxylic acids is 2. The Morgan fingerprint density at radius 3 is 2.44 bits per heavy atom. The Hall–Kier alpha value is -1.43. The molecule has 1 aromatic rings. The number of halogens is 2. The van der Waals surface area contributed by atoms with E-state index in [9.17, 15) is 14.0 Å². The maximum absolute atomic E-state index is 13.0. The third-order valence-electron chi connectivity index (χ3n) is 2.44. The van der Waals surface area contributed by atoms with Crippen LogP contribution in [0.1, 0.15) is 24.2 Å². The molecule has 2 amide bonds. The number of rotatable bonds is 4. The molecule has 98 valence electrons. The van der Waals surface area contributed by atoms with Crippen LogP contribution in [0, 0.1) is 11.7 Å². The zero-order chi connectivity index (χ0) is 13.9.